The van der Waals surface area contributed by atoms with Gasteiger partial charge in [0, 0.05) is 12.8 Å². The average molecular weight is 270 g/mol. The Morgan fingerprint density at radius 2 is 1.30 bits per heavy atom. The lowest BCUT2D eigenvalue weighted by Crippen LogP contribution is -2.14. The number of esters is 2. The van der Waals surface area contributed by atoms with Crippen molar-refractivity contribution < 1.29 is 19.1 Å². The third-order valence-electron chi connectivity index (χ3n) is 2.74. The molecule has 0 heterocycles. The van der Waals surface area contributed by atoms with E-state index in [9.17, 15) is 9.59 Å². The molecule has 0 aliphatic carbocycles. The van der Waals surface area contributed by atoms with E-state index in [0.717, 1.165) is 11.1 Å². The second kappa shape index (κ2) is 7.01. The minimum absolute atomic E-state index is 0.116. The van der Waals surface area contributed by atoms with E-state index in [-0.39, 0.29) is 11.1 Å². The minimum atomic E-state index is -0.629. The molecule has 0 saturated carbocycles. The van der Waals surface area contributed by atoms with Crippen molar-refractivity contribution in [3.05, 3.63) is 34.4 Å². The summed E-state index contributed by atoms with van der Waals surface area (Å²) in [5.74, 6) is 3.73. The summed E-state index contributed by atoms with van der Waals surface area (Å²) in [4.78, 5) is 23.5. The fraction of sp³-hybridized carbons (Fsp3) is 0.250. The molecule has 0 saturated heterocycles. The summed E-state index contributed by atoms with van der Waals surface area (Å²) in [6, 6.07) is 3.06. The summed E-state index contributed by atoms with van der Waals surface area (Å²) in [5, 5.41) is 0. The molecule has 20 heavy (non-hydrogen) atoms. The van der Waals surface area contributed by atoms with E-state index in [1.807, 2.05) is 0 Å². The Kier molecular flexibility index (Phi) is 5.38. The number of hydrogen-bond donors (Lipinski definition) is 0. The molecule has 4 nitrogen and oxygen atoms in total. The molecular weight excluding hydrogens is 256 g/mol. The second-order valence-corrected chi connectivity index (χ2v) is 3.91. The molecule has 0 radical (unpaired) electrons. The Labute approximate surface area is 118 Å². The highest BCUT2D eigenvalue weighted by atomic mass is 16.5. The average Bonchev–Trinajstić information content (AvgIpc) is 2.47. The predicted octanol–water partition coefficient (Wildman–Crippen LogP) is 1.61. The van der Waals surface area contributed by atoms with Crippen LogP contribution in [0.25, 0.3) is 0 Å². The molecule has 0 N–H and O–H groups in total. The standard InChI is InChI=1S/C16H14O4/c1-5-7-11-9-13(15(17)19-3)14(16(18)20-4)10-12(11)8-6-2/h1-2,9-10H,7-8H2,3-4H3. The molecule has 0 aliphatic rings. The molecular formula is C16H14O4. The van der Waals surface area contributed by atoms with Crippen LogP contribution in [0.15, 0.2) is 12.1 Å². The smallest absolute Gasteiger partial charge is 0.338 e. The van der Waals surface area contributed by atoms with Gasteiger partial charge in [0.15, 0.2) is 0 Å². The van der Waals surface area contributed by atoms with Crippen molar-refractivity contribution >= 4 is 11.9 Å². The normalized spacial score (nSPS) is 9.20. The van der Waals surface area contributed by atoms with Crippen LogP contribution in [0.3, 0.4) is 0 Å². The van der Waals surface area contributed by atoms with Crippen molar-refractivity contribution in [2.75, 3.05) is 14.2 Å². The van der Waals surface area contributed by atoms with Crippen LogP contribution >= 0.6 is 0 Å². The highest BCUT2D eigenvalue weighted by Gasteiger charge is 2.21. The molecule has 1 aromatic carbocycles. The van der Waals surface area contributed by atoms with E-state index in [2.05, 4.69) is 21.3 Å². The molecule has 0 bridgehead atoms. The van der Waals surface area contributed by atoms with Crippen LogP contribution in [0.2, 0.25) is 0 Å². The number of rotatable bonds is 4. The van der Waals surface area contributed by atoms with Gasteiger partial charge in [-0.2, -0.15) is 0 Å². The van der Waals surface area contributed by atoms with E-state index < -0.39 is 11.9 Å². The Morgan fingerprint density at radius 1 is 0.950 bits per heavy atom. The monoisotopic (exact) mass is 270 g/mol. The molecule has 0 aromatic heterocycles. The maximum atomic E-state index is 11.8. The van der Waals surface area contributed by atoms with Crippen molar-refractivity contribution in [3.8, 4) is 24.7 Å². The zero-order valence-corrected chi connectivity index (χ0v) is 11.4. The summed E-state index contributed by atoms with van der Waals surface area (Å²) >= 11 is 0. The van der Waals surface area contributed by atoms with Crippen LogP contribution in [0.4, 0.5) is 0 Å². The zero-order chi connectivity index (χ0) is 15.1. The van der Waals surface area contributed by atoms with Gasteiger partial charge in [-0.05, 0) is 23.3 Å². The lowest BCUT2D eigenvalue weighted by atomic mass is 9.95. The summed E-state index contributed by atoms with van der Waals surface area (Å²) in [7, 11) is 2.47. The van der Waals surface area contributed by atoms with E-state index in [0.29, 0.717) is 12.8 Å². The Bertz CT molecular complexity index is 560. The fourth-order valence-electron chi connectivity index (χ4n) is 1.80. The number of ether oxygens (including phenoxy) is 2. The highest BCUT2D eigenvalue weighted by molar-refractivity contribution is 6.03. The van der Waals surface area contributed by atoms with Crippen LogP contribution in [0, 0.1) is 24.7 Å². The van der Waals surface area contributed by atoms with Gasteiger partial charge in [-0.15, -0.1) is 24.7 Å². The first-order valence-corrected chi connectivity index (χ1v) is 5.78. The number of benzene rings is 1. The van der Waals surface area contributed by atoms with E-state index >= 15 is 0 Å². The van der Waals surface area contributed by atoms with Gasteiger partial charge in [0.1, 0.15) is 0 Å². The van der Waals surface area contributed by atoms with Crippen molar-refractivity contribution in [1.82, 2.24) is 0 Å². The Morgan fingerprint density at radius 3 is 1.55 bits per heavy atom. The first-order valence-electron chi connectivity index (χ1n) is 5.78. The van der Waals surface area contributed by atoms with Gasteiger partial charge < -0.3 is 9.47 Å². The van der Waals surface area contributed by atoms with Gasteiger partial charge in [-0.1, -0.05) is 0 Å². The van der Waals surface area contributed by atoms with Gasteiger partial charge in [0.2, 0.25) is 0 Å². The molecule has 0 fully saturated rings. The number of carbonyl (C=O) groups excluding carboxylic acids is 2. The van der Waals surface area contributed by atoms with Gasteiger partial charge in [0.25, 0.3) is 0 Å². The molecule has 0 unspecified atom stereocenters. The molecule has 0 atom stereocenters. The van der Waals surface area contributed by atoms with E-state index in [1.165, 1.54) is 26.4 Å². The topological polar surface area (TPSA) is 52.6 Å². The zero-order valence-electron chi connectivity index (χ0n) is 11.4. The van der Waals surface area contributed by atoms with Crippen LogP contribution in [0.1, 0.15) is 31.8 Å². The van der Waals surface area contributed by atoms with Crippen molar-refractivity contribution in [1.29, 1.82) is 0 Å². The maximum Gasteiger partial charge on any atom is 0.338 e. The third-order valence-corrected chi connectivity index (χ3v) is 2.74. The second-order valence-electron chi connectivity index (χ2n) is 3.91. The SMILES string of the molecule is C#CCc1cc(C(=O)OC)c(C(=O)OC)cc1CC#C. The van der Waals surface area contributed by atoms with Crippen molar-refractivity contribution in [2.24, 2.45) is 0 Å². The van der Waals surface area contributed by atoms with Crippen LogP contribution in [0.5, 0.6) is 0 Å². The third kappa shape index (κ3) is 3.18. The van der Waals surface area contributed by atoms with Gasteiger partial charge in [-0.25, -0.2) is 9.59 Å². The number of terminal acetylenes is 2. The molecule has 0 spiro atoms. The van der Waals surface area contributed by atoms with Crippen molar-refractivity contribution in [3.63, 3.8) is 0 Å². The lowest BCUT2D eigenvalue weighted by molar-refractivity contribution is 0.0555. The first-order chi connectivity index (χ1) is 9.58. The largest absolute Gasteiger partial charge is 0.465 e. The Balaban J connectivity index is 3.52. The van der Waals surface area contributed by atoms with Crippen LogP contribution in [-0.2, 0) is 22.3 Å². The van der Waals surface area contributed by atoms with E-state index in [1.54, 1.807) is 0 Å². The first kappa shape index (κ1) is 15.3. The lowest BCUT2D eigenvalue weighted by Gasteiger charge is -2.12. The maximum absolute atomic E-state index is 11.8. The number of hydrogen-bond acceptors (Lipinski definition) is 4. The van der Waals surface area contributed by atoms with Crippen LogP contribution < -0.4 is 0 Å². The number of methoxy groups -OCH3 is 2. The fourth-order valence-corrected chi connectivity index (χ4v) is 1.80. The molecule has 1 rings (SSSR count). The molecule has 0 aliphatic heterocycles. The van der Waals surface area contributed by atoms with Gasteiger partial charge in [-0.3, -0.25) is 0 Å². The summed E-state index contributed by atoms with van der Waals surface area (Å²) in [5.41, 5.74) is 1.67. The molecule has 1 aromatic rings. The Hall–Kier alpha value is -2.72. The van der Waals surface area contributed by atoms with Gasteiger partial charge in [0.05, 0.1) is 25.3 Å². The summed E-state index contributed by atoms with van der Waals surface area (Å²) in [6.07, 6.45) is 11.2. The number of carbonyl (C=O) groups is 2. The quantitative estimate of drug-likeness (QED) is 0.616. The summed E-state index contributed by atoms with van der Waals surface area (Å²) in [6.45, 7) is 0. The van der Waals surface area contributed by atoms with E-state index in [4.69, 9.17) is 12.8 Å². The van der Waals surface area contributed by atoms with Crippen molar-refractivity contribution in [2.45, 2.75) is 12.8 Å². The van der Waals surface area contributed by atoms with Crippen LogP contribution in [-0.4, -0.2) is 26.2 Å². The highest BCUT2D eigenvalue weighted by Crippen LogP contribution is 2.20. The minimum Gasteiger partial charge on any atom is -0.465 e. The predicted molar refractivity (Wildman–Crippen MR) is 74.2 cm³/mol. The van der Waals surface area contributed by atoms with Gasteiger partial charge >= 0.3 is 11.9 Å². The summed E-state index contributed by atoms with van der Waals surface area (Å²) < 4.78 is 9.33. The molecule has 102 valence electrons. The molecule has 0 amide bonds. The molecule has 4 heteroatoms.